The van der Waals surface area contributed by atoms with Crippen molar-refractivity contribution in [2.24, 2.45) is 0 Å². The largest absolute Gasteiger partial charge is 0.491 e. The molecule has 0 saturated carbocycles. The summed E-state index contributed by atoms with van der Waals surface area (Å²) < 4.78 is 5.36. The number of carbonyl (C=O) groups is 1. The van der Waals surface area contributed by atoms with Crippen molar-refractivity contribution in [1.82, 2.24) is 15.5 Å². The molecule has 0 bridgehead atoms. The number of ether oxygens (including phenoxy) is 1. The van der Waals surface area contributed by atoms with Gasteiger partial charge in [0, 0.05) is 6.54 Å². The molecule has 7 nitrogen and oxygen atoms in total. The predicted molar refractivity (Wildman–Crippen MR) is 74.9 cm³/mol. The minimum atomic E-state index is -0.796. The van der Waals surface area contributed by atoms with Gasteiger partial charge in [0.2, 0.25) is 5.13 Å². The highest BCUT2D eigenvalue weighted by Crippen LogP contribution is 2.08. The zero-order chi connectivity index (χ0) is 14.2. The zero-order valence-corrected chi connectivity index (χ0v) is 11.3. The van der Waals surface area contributed by atoms with E-state index in [1.165, 1.54) is 16.8 Å². The van der Waals surface area contributed by atoms with Crippen LogP contribution in [0.5, 0.6) is 5.75 Å². The van der Waals surface area contributed by atoms with Crippen molar-refractivity contribution in [1.29, 1.82) is 0 Å². The second-order valence-corrected chi connectivity index (χ2v) is 4.69. The molecule has 2 amide bonds. The molecule has 0 fully saturated rings. The number of nitrogens with one attached hydrogen (secondary N) is 2. The van der Waals surface area contributed by atoms with Crippen LogP contribution in [-0.4, -0.2) is 40.6 Å². The third kappa shape index (κ3) is 4.82. The Bertz CT molecular complexity index is 521. The smallest absolute Gasteiger partial charge is 0.321 e. The summed E-state index contributed by atoms with van der Waals surface area (Å²) in [4.78, 5) is 11.5. The van der Waals surface area contributed by atoms with Crippen molar-refractivity contribution >= 4 is 22.5 Å². The van der Waals surface area contributed by atoms with E-state index in [-0.39, 0.29) is 13.2 Å². The molecule has 20 heavy (non-hydrogen) atoms. The Kier molecular flexibility index (Phi) is 5.27. The maximum Gasteiger partial charge on any atom is 0.321 e. The Morgan fingerprint density at radius 1 is 1.40 bits per heavy atom. The summed E-state index contributed by atoms with van der Waals surface area (Å²) in [7, 11) is 0. The first-order valence-electron chi connectivity index (χ1n) is 5.91. The van der Waals surface area contributed by atoms with Crippen LogP contribution >= 0.6 is 11.3 Å². The number of rotatable bonds is 6. The number of amides is 2. The zero-order valence-electron chi connectivity index (χ0n) is 10.5. The van der Waals surface area contributed by atoms with Crippen molar-refractivity contribution in [2.75, 3.05) is 18.5 Å². The van der Waals surface area contributed by atoms with Gasteiger partial charge in [0.25, 0.3) is 0 Å². The number of carbonyl (C=O) groups excluding carboxylic acids is 1. The molecule has 0 radical (unpaired) electrons. The number of aliphatic hydroxyl groups is 1. The summed E-state index contributed by atoms with van der Waals surface area (Å²) >= 11 is 1.21. The third-order valence-corrected chi connectivity index (χ3v) is 2.87. The standard InChI is InChI=1S/C12H14N4O3S/c17-9(7-19-10-4-2-1-3-5-10)6-13-11(18)15-12-16-14-8-20-12/h1-5,8-9,17H,6-7H2,(H2,13,15,16,18)/t9-/m0/s1. The lowest BCUT2D eigenvalue weighted by atomic mass is 10.3. The molecule has 106 valence electrons. The first-order valence-corrected chi connectivity index (χ1v) is 6.79. The Morgan fingerprint density at radius 2 is 2.20 bits per heavy atom. The molecule has 0 aliphatic rings. The van der Waals surface area contributed by atoms with Crippen LogP contribution in [-0.2, 0) is 0 Å². The Hall–Kier alpha value is -2.19. The van der Waals surface area contributed by atoms with E-state index in [9.17, 15) is 9.90 Å². The van der Waals surface area contributed by atoms with Crippen LogP contribution < -0.4 is 15.4 Å². The number of hydrogen-bond acceptors (Lipinski definition) is 6. The summed E-state index contributed by atoms with van der Waals surface area (Å²) in [6, 6.07) is 8.71. The Morgan fingerprint density at radius 3 is 2.90 bits per heavy atom. The van der Waals surface area contributed by atoms with Gasteiger partial charge in [-0.15, -0.1) is 10.2 Å². The molecule has 1 atom stereocenters. The van der Waals surface area contributed by atoms with E-state index in [2.05, 4.69) is 20.8 Å². The molecule has 8 heteroatoms. The average molecular weight is 294 g/mol. The minimum absolute atomic E-state index is 0.0808. The molecule has 2 rings (SSSR count). The van der Waals surface area contributed by atoms with Crippen molar-refractivity contribution in [3.05, 3.63) is 35.8 Å². The molecular weight excluding hydrogens is 280 g/mol. The summed E-state index contributed by atoms with van der Waals surface area (Å²) in [5, 5.41) is 22.4. The van der Waals surface area contributed by atoms with Crippen molar-refractivity contribution in [3.8, 4) is 5.75 Å². The van der Waals surface area contributed by atoms with Gasteiger partial charge in [0.1, 0.15) is 24.0 Å². The molecule has 3 N–H and O–H groups in total. The molecule has 0 saturated heterocycles. The number of para-hydroxylation sites is 1. The van der Waals surface area contributed by atoms with Crippen LogP contribution in [0.25, 0.3) is 0 Å². The first kappa shape index (κ1) is 14.2. The molecule has 0 unspecified atom stereocenters. The lowest BCUT2D eigenvalue weighted by molar-refractivity contribution is 0.108. The van der Waals surface area contributed by atoms with Gasteiger partial charge in [-0.3, -0.25) is 5.32 Å². The van der Waals surface area contributed by atoms with Crippen LogP contribution in [0.2, 0.25) is 0 Å². The number of anilines is 1. The highest BCUT2D eigenvalue weighted by atomic mass is 32.1. The second kappa shape index (κ2) is 7.41. The fourth-order valence-electron chi connectivity index (χ4n) is 1.35. The third-order valence-electron chi connectivity index (χ3n) is 2.26. The van der Waals surface area contributed by atoms with Gasteiger partial charge in [0.05, 0.1) is 0 Å². The van der Waals surface area contributed by atoms with Gasteiger partial charge in [-0.2, -0.15) is 0 Å². The number of hydrogen-bond donors (Lipinski definition) is 3. The van der Waals surface area contributed by atoms with Gasteiger partial charge in [-0.25, -0.2) is 4.79 Å². The quantitative estimate of drug-likeness (QED) is 0.741. The van der Waals surface area contributed by atoms with Gasteiger partial charge in [-0.05, 0) is 12.1 Å². The number of nitrogens with zero attached hydrogens (tertiary/aromatic N) is 2. The van der Waals surface area contributed by atoms with Gasteiger partial charge in [0.15, 0.2) is 0 Å². The van der Waals surface area contributed by atoms with Crippen LogP contribution in [0, 0.1) is 0 Å². The van der Waals surface area contributed by atoms with E-state index in [1.54, 1.807) is 12.1 Å². The first-order chi connectivity index (χ1) is 9.74. The maximum atomic E-state index is 11.5. The molecule has 0 spiro atoms. The fraction of sp³-hybridized carbons (Fsp3) is 0.250. The molecular formula is C12H14N4O3S. The summed E-state index contributed by atoms with van der Waals surface area (Å²) in [5.74, 6) is 0.671. The van der Waals surface area contributed by atoms with Gasteiger partial charge < -0.3 is 15.2 Å². The van der Waals surface area contributed by atoms with Crippen LogP contribution in [0.15, 0.2) is 35.8 Å². The topological polar surface area (TPSA) is 96.4 Å². The van der Waals surface area contributed by atoms with Crippen molar-refractivity contribution in [2.45, 2.75) is 6.10 Å². The van der Waals surface area contributed by atoms with Gasteiger partial charge in [-0.1, -0.05) is 29.5 Å². The lowest BCUT2D eigenvalue weighted by Gasteiger charge is -2.13. The summed E-state index contributed by atoms with van der Waals surface area (Å²) in [6.07, 6.45) is -0.796. The number of urea groups is 1. The fourth-order valence-corrected chi connectivity index (χ4v) is 1.79. The number of benzene rings is 1. The maximum absolute atomic E-state index is 11.5. The number of aliphatic hydroxyl groups excluding tert-OH is 1. The summed E-state index contributed by atoms with van der Waals surface area (Å²) in [6.45, 7) is 0.181. The van der Waals surface area contributed by atoms with Crippen molar-refractivity contribution in [3.63, 3.8) is 0 Å². The van der Waals surface area contributed by atoms with E-state index in [4.69, 9.17) is 4.74 Å². The normalized spacial score (nSPS) is 11.7. The molecule has 1 aromatic heterocycles. The highest BCUT2D eigenvalue weighted by molar-refractivity contribution is 7.13. The van der Waals surface area contributed by atoms with Gasteiger partial charge >= 0.3 is 6.03 Å². The van der Waals surface area contributed by atoms with E-state index in [1.807, 2.05) is 18.2 Å². The van der Waals surface area contributed by atoms with Crippen LogP contribution in [0.3, 0.4) is 0 Å². The average Bonchev–Trinajstić information content (AvgIpc) is 2.97. The van der Waals surface area contributed by atoms with E-state index >= 15 is 0 Å². The minimum Gasteiger partial charge on any atom is -0.491 e. The molecule has 0 aliphatic carbocycles. The lowest BCUT2D eigenvalue weighted by Crippen LogP contribution is -2.37. The highest BCUT2D eigenvalue weighted by Gasteiger charge is 2.09. The van der Waals surface area contributed by atoms with E-state index in [0.29, 0.717) is 10.9 Å². The van der Waals surface area contributed by atoms with Crippen LogP contribution in [0.4, 0.5) is 9.93 Å². The SMILES string of the molecule is O=C(NC[C@H](O)COc1ccccc1)Nc1nncs1. The molecule has 2 aromatic rings. The Labute approximate surface area is 119 Å². The van der Waals surface area contributed by atoms with Crippen LogP contribution in [0.1, 0.15) is 0 Å². The van der Waals surface area contributed by atoms with E-state index in [0.717, 1.165) is 0 Å². The summed E-state index contributed by atoms with van der Waals surface area (Å²) in [5.41, 5.74) is 1.51. The van der Waals surface area contributed by atoms with E-state index < -0.39 is 12.1 Å². The second-order valence-electron chi connectivity index (χ2n) is 3.86. The van der Waals surface area contributed by atoms with Crippen molar-refractivity contribution < 1.29 is 14.6 Å². The predicted octanol–water partition coefficient (Wildman–Crippen LogP) is 1.10. The molecule has 1 aromatic carbocycles. The number of aromatic nitrogens is 2. The Balaban J connectivity index is 1.64. The molecule has 1 heterocycles. The monoisotopic (exact) mass is 294 g/mol. The molecule has 0 aliphatic heterocycles.